The van der Waals surface area contributed by atoms with Crippen LogP contribution in [0.5, 0.6) is 0 Å². The van der Waals surface area contributed by atoms with Crippen LogP contribution in [0.25, 0.3) is 0 Å². The number of ketones is 1. The highest BCUT2D eigenvalue weighted by molar-refractivity contribution is 7.89. The van der Waals surface area contributed by atoms with Crippen LogP contribution in [0.1, 0.15) is 64.8 Å². The largest absolute Gasteiger partial charge is 0.454 e. The number of Topliss-reactive ketones (excluding diaryl/α,β-unsaturated/α-hetero) is 1. The number of aromatic nitrogens is 1. The Labute approximate surface area is 196 Å². The van der Waals surface area contributed by atoms with Crippen LogP contribution in [0, 0.1) is 13.8 Å². The number of anilines is 1. The first-order valence-corrected chi connectivity index (χ1v) is 12.6. The number of nitrogens with zero attached hydrogens (tertiary/aromatic N) is 3. The molecule has 0 aliphatic carbocycles. The summed E-state index contributed by atoms with van der Waals surface area (Å²) >= 11 is 0. The average molecular weight is 476 g/mol. The van der Waals surface area contributed by atoms with E-state index in [4.69, 9.17) is 4.74 Å². The predicted molar refractivity (Wildman–Crippen MR) is 128 cm³/mol. The SMILES string of the molecule is Cc1cc(C(=O)COC(=O)c2cc(S(=O)(=O)N(C)C)ccc2N2CCCC2)c(C)n1C(C)C. The van der Waals surface area contributed by atoms with Crippen LogP contribution in [0.2, 0.25) is 0 Å². The van der Waals surface area contributed by atoms with Crippen molar-refractivity contribution in [1.82, 2.24) is 8.87 Å². The van der Waals surface area contributed by atoms with Crippen LogP contribution in [0.4, 0.5) is 5.69 Å². The molecular weight excluding hydrogens is 442 g/mol. The monoisotopic (exact) mass is 475 g/mol. The summed E-state index contributed by atoms with van der Waals surface area (Å²) in [5.41, 5.74) is 3.11. The first-order chi connectivity index (χ1) is 15.4. The fourth-order valence-electron chi connectivity index (χ4n) is 4.42. The van der Waals surface area contributed by atoms with Gasteiger partial charge in [0.05, 0.1) is 16.1 Å². The van der Waals surface area contributed by atoms with Crippen LogP contribution in [-0.2, 0) is 14.8 Å². The summed E-state index contributed by atoms with van der Waals surface area (Å²) in [5, 5.41) is 0. The lowest BCUT2D eigenvalue weighted by molar-refractivity contribution is 0.0475. The van der Waals surface area contributed by atoms with Gasteiger partial charge in [0.25, 0.3) is 0 Å². The zero-order valence-electron chi connectivity index (χ0n) is 20.2. The molecule has 2 heterocycles. The van der Waals surface area contributed by atoms with Crippen molar-refractivity contribution in [1.29, 1.82) is 0 Å². The van der Waals surface area contributed by atoms with Crippen molar-refractivity contribution in [2.24, 2.45) is 0 Å². The molecule has 0 radical (unpaired) electrons. The minimum absolute atomic E-state index is 0.00852. The zero-order valence-corrected chi connectivity index (χ0v) is 21.0. The van der Waals surface area contributed by atoms with Gasteiger partial charge in [-0.3, -0.25) is 4.79 Å². The molecule has 3 rings (SSSR count). The summed E-state index contributed by atoms with van der Waals surface area (Å²) in [7, 11) is -0.849. The standard InChI is InChI=1S/C24H33N3O5S/c1-16(2)27-17(3)13-20(18(27)4)23(28)15-32-24(29)21-14-19(33(30,31)25(5)6)9-10-22(21)26-11-7-8-12-26/h9-10,13-14,16H,7-8,11-12,15H2,1-6H3. The van der Waals surface area contributed by atoms with Crippen LogP contribution in [0.3, 0.4) is 0 Å². The third kappa shape index (κ3) is 4.99. The van der Waals surface area contributed by atoms with Gasteiger partial charge in [0.2, 0.25) is 15.8 Å². The van der Waals surface area contributed by atoms with E-state index >= 15 is 0 Å². The maximum Gasteiger partial charge on any atom is 0.340 e. The van der Waals surface area contributed by atoms with Gasteiger partial charge < -0.3 is 14.2 Å². The number of sulfonamides is 1. The molecule has 0 atom stereocenters. The molecule has 0 N–H and O–H groups in total. The average Bonchev–Trinajstić information content (AvgIpc) is 3.39. The molecule has 0 amide bonds. The highest BCUT2D eigenvalue weighted by Gasteiger charge is 2.26. The van der Waals surface area contributed by atoms with Gasteiger partial charge in [0.1, 0.15) is 0 Å². The molecule has 0 saturated carbocycles. The van der Waals surface area contributed by atoms with Gasteiger partial charge in [-0.1, -0.05) is 0 Å². The molecule has 1 aromatic carbocycles. The van der Waals surface area contributed by atoms with Crippen molar-refractivity contribution in [2.75, 3.05) is 38.7 Å². The summed E-state index contributed by atoms with van der Waals surface area (Å²) in [5.74, 6) is -0.998. The molecule has 1 aromatic heterocycles. The lowest BCUT2D eigenvalue weighted by Crippen LogP contribution is -2.25. The van der Waals surface area contributed by atoms with E-state index in [1.807, 2.05) is 38.7 Å². The van der Waals surface area contributed by atoms with Crippen LogP contribution in [-0.4, -0.2) is 62.8 Å². The van der Waals surface area contributed by atoms with Crippen molar-refractivity contribution >= 4 is 27.5 Å². The molecular formula is C24H33N3O5S. The molecule has 0 bridgehead atoms. The second kappa shape index (κ2) is 9.69. The van der Waals surface area contributed by atoms with Crippen molar-refractivity contribution in [3.05, 3.63) is 46.8 Å². The van der Waals surface area contributed by atoms with E-state index < -0.39 is 22.6 Å². The molecule has 33 heavy (non-hydrogen) atoms. The number of carbonyl (C=O) groups excluding carboxylic acids is 2. The minimum atomic E-state index is -3.73. The molecule has 8 nitrogen and oxygen atoms in total. The summed E-state index contributed by atoms with van der Waals surface area (Å²) in [6.07, 6.45) is 1.99. The van der Waals surface area contributed by atoms with Gasteiger partial charge >= 0.3 is 5.97 Å². The number of benzene rings is 1. The molecule has 1 saturated heterocycles. The molecule has 1 fully saturated rings. The van der Waals surface area contributed by atoms with E-state index in [0.717, 1.165) is 41.6 Å². The highest BCUT2D eigenvalue weighted by atomic mass is 32.2. The molecule has 180 valence electrons. The molecule has 0 spiro atoms. The first kappa shape index (κ1) is 25.0. The lowest BCUT2D eigenvalue weighted by atomic mass is 10.1. The first-order valence-electron chi connectivity index (χ1n) is 11.2. The Morgan fingerprint density at radius 1 is 1.06 bits per heavy atom. The summed E-state index contributed by atoms with van der Waals surface area (Å²) in [6.45, 7) is 9.05. The van der Waals surface area contributed by atoms with Gasteiger partial charge in [-0.15, -0.1) is 0 Å². The van der Waals surface area contributed by atoms with Gasteiger partial charge in [0.15, 0.2) is 6.61 Å². The number of esters is 1. The van der Waals surface area contributed by atoms with E-state index in [0.29, 0.717) is 11.3 Å². The summed E-state index contributed by atoms with van der Waals surface area (Å²) in [4.78, 5) is 28.0. The lowest BCUT2D eigenvalue weighted by Gasteiger charge is -2.22. The van der Waals surface area contributed by atoms with E-state index in [9.17, 15) is 18.0 Å². The van der Waals surface area contributed by atoms with E-state index in [2.05, 4.69) is 4.57 Å². The third-order valence-electron chi connectivity index (χ3n) is 6.05. The fourth-order valence-corrected chi connectivity index (χ4v) is 5.35. The summed E-state index contributed by atoms with van der Waals surface area (Å²) < 4.78 is 33.8. The second-order valence-corrected chi connectivity index (χ2v) is 11.1. The van der Waals surface area contributed by atoms with E-state index in [1.165, 1.54) is 26.2 Å². The zero-order chi connectivity index (χ0) is 24.5. The van der Waals surface area contributed by atoms with Gasteiger partial charge in [-0.25, -0.2) is 17.5 Å². The van der Waals surface area contributed by atoms with Gasteiger partial charge in [-0.05, 0) is 64.8 Å². The maximum absolute atomic E-state index is 13.1. The highest BCUT2D eigenvalue weighted by Crippen LogP contribution is 2.29. The Balaban J connectivity index is 1.88. The predicted octanol–water partition coefficient (Wildman–Crippen LogP) is 3.58. The number of hydrogen-bond acceptors (Lipinski definition) is 6. The van der Waals surface area contributed by atoms with Gasteiger partial charge in [0, 0.05) is 50.2 Å². The summed E-state index contributed by atoms with van der Waals surface area (Å²) in [6, 6.07) is 6.52. The quantitative estimate of drug-likeness (QED) is 0.428. The Hall–Kier alpha value is -2.65. The molecule has 1 aliphatic heterocycles. The second-order valence-electron chi connectivity index (χ2n) is 8.91. The minimum Gasteiger partial charge on any atom is -0.454 e. The van der Waals surface area contributed by atoms with Crippen molar-refractivity contribution in [3.63, 3.8) is 0 Å². The fraction of sp³-hybridized carbons (Fsp3) is 0.500. The molecule has 0 unspecified atom stereocenters. The van der Waals surface area contributed by atoms with E-state index in [-0.39, 0.29) is 22.3 Å². The van der Waals surface area contributed by atoms with Gasteiger partial charge in [-0.2, -0.15) is 0 Å². The van der Waals surface area contributed by atoms with Crippen LogP contribution < -0.4 is 4.90 Å². The van der Waals surface area contributed by atoms with Crippen LogP contribution in [0.15, 0.2) is 29.2 Å². The smallest absolute Gasteiger partial charge is 0.340 e. The number of aryl methyl sites for hydroxylation is 1. The Morgan fingerprint density at radius 3 is 2.24 bits per heavy atom. The number of hydrogen-bond donors (Lipinski definition) is 0. The molecule has 2 aromatic rings. The topological polar surface area (TPSA) is 88.9 Å². The van der Waals surface area contributed by atoms with Crippen molar-refractivity contribution in [2.45, 2.75) is 51.5 Å². The Bertz CT molecular complexity index is 1160. The molecule has 9 heteroatoms. The van der Waals surface area contributed by atoms with Crippen LogP contribution >= 0.6 is 0 Å². The number of rotatable bonds is 8. The van der Waals surface area contributed by atoms with Crippen molar-refractivity contribution in [3.8, 4) is 0 Å². The maximum atomic E-state index is 13.1. The van der Waals surface area contributed by atoms with Crippen molar-refractivity contribution < 1.29 is 22.7 Å². The van der Waals surface area contributed by atoms with E-state index in [1.54, 1.807) is 6.07 Å². The normalized spacial score (nSPS) is 14.4. The third-order valence-corrected chi connectivity index (χ3v) is 7.86. The molecule has 1 aliphatic rings. The Kier molecular flexibility index (Phi) is 7.33. The Morgan fingerprint density at radius 2 is 1.70 bits per heavy atom. The number of carbonyl (C=O) groups is 2. The number of ether oxygens (including phenoxy) is 1.